The summed E-state index contributed by atoms with van der Waals surface area (Å²) in [6.45, 7) is 1.66. The number of carbonyl (C=O) groups excluding carboxylic acids is 2. The molecule has 4 rings (SSSR count). The molecule has 1 aliphatic heterocycles. The van der Waals surface area contributed by atoms with Crippen LogP contribution in [0.2, 0.25) is 0 Å². The van der Waals surface area contributed by atoms with Crippen molar-refractivity contribution in [1.29, 1.82) is 0 Å². The Labute approximate surface area is 209 Å². The molecule has 1 aliphatic rings. The first-order valence-electron chi connectivity index (χ1n) is 11.1. The second-order valence-corrected chi connectivity index (χ2v) is 7.90. The van der Waals surface area contributed by atoms with Crippen molar-refractivity contribution in [1.82, 2.24) is 0 Å². The number of methoxy groups -OCH3 is 3. The van der Waals surface area contributed by atoms with E-state index in [0.717, 1.165) is 5.56 Å². The third-order valence-corrected chi connectivity index (χ3v) is 5.61. The van der Waals surface area contributed by atoms with E-state index in [9.17, 15) is 9.59 Å². The van der Waals surface area contributed by atoms with Crippen LogP contribution in [0.15, 0.2) is 60.4 Å². The van der Waals surface area contributed by atoms with E-state index in [0.29, 0.717) is 45.4 Å². The van der Waals surface area contributed by atoms with Gasteiger partial charge in [0.25, 0.3) is 0 Å². The average molecular weight is 491 g/mol. The molecule has 3 aromatic carbocycles. The van der Waals surface area contributed by atoms with Crippen LogP contribution >= 0.6 is 0 Å². The van der Waals surface area contributed by atoms with Crippen LogP contribution in [-0.4, -0.2) is 39.7 Å². The van der Waals surface area contributed by atoms with Crippen LogP contribution < -0.4 is 23.7 Å². The topological polar surface area (TPSA) is 89.5 Å². The van der Waals surface area contributed by atoms with Crippen LogP contribution in [-0.2, 0) is 16.1 Å². The molecule has 0 atom stereocenters. The Morgan fingerprint density at radius 3 is 2.25 bits per heavy atom. The van der Waals surface area contributed by atoms with Gasteiger partial charge in [0.15, 0.2) is 23.9 Å². The van der Waals surface area contributed by atoms with Crippen molar-refractivity contribution in [2.24, 2.45) is 0 Å². The highest BCUT2D eigenvalue weighted by Gasteiger charge is 2.30. The van der Waals surface area contributed by atoms with E-state index in [1.807, 2.05) is 30.3 Å². The van der Waals surface area contributed by atoms with Crippen LogP contribution in [0.1, 0.15) is 27.0 Å². The van der Waals surface area contributed by atoms with Gasteiger partial charge in [0.1, 0.15) is 18.1 Å². The lowest BCUT2D eigenvalue weighted by molar-refractivity contribution is -0.147. The number of Topliss-reactive ketones (excluding diaryl/α,β-unsaturated/α-hetero) is 1. The maximum Gasteiger partial charge on any atom is 0.344 e. The van der Waals surface area contributed by atoms with Crippen LogP contribution in [0, 0.1) is 6.92 Å². The molecule has 8 heteroatoms. The van der Waals surface area contributed by atoms with Gasteiger partial charge in [-0.05, 0) is 48.4 Å². The first-order valence-corrected chi connectivity index (χ1v) is 11.1. The Bertz CT molecular complexity index is 1290. The van der Waals surface area contributed by atoms with E-state index in [4.69, 9.17) is 28.4 Å². The van der Waals surface area contributed by atoms with Gasteiger partial charge in [-0.1, -0.05) is 30.3 Å². The van der Waals surface area contributed by atoms with Gasteiger partial charge in [-0.25, -0.2) is 4.79 Å². The zero-order chi connectivity index (χ0) is 25.7. The van der Waals surface area contributed by atoms with Crippen molar-refractivity contribution in [3.8, 4) is 28.7 Å². The van der Waals surface area contributed by atoms with E-state index < -0.39 is 5.97 Å². The number of allylic oxidation sites excluding steroid dienone is 1. The Kier molecular flexibility index (Phi) is 7.44. The molecule has 0 unspecified atom stereocenters. The predicted molar refractivity (Wildman–Crippen MR) is 132 cm³/mol. The maximum atomic E-state index is 13.0. The zero-order valence-corrected chi connectivity index (χ0v) is 20.5. The van der Waals surface area contributed by atoms with Gasteiger partial charge in [-0.15, -0.1) is 0 Å². The predicted octanol–water partition coefficient (Wildman–Crippen LogP) is 4.76. The summed E-state index contributed by atoms with van der Waals surface area (Å²) >= 11 is 0. The van der Waals surface area contributed by atoms with Gasteiger partial charge in [-0.3, -0.25) is 4.79 Å². The Morgan fingerprint density at radius 2 is 1.61 bits per heavy atom. The van der Waals surface area contributed by atoms with E-state index in [-0.39, 0.29) is 24.8 Å². The Morgan fingerprint density at radius 1 is 0.917 bits per heavy atom. The van der Waals surface area contributed by atoms with Gasteiger partial charge in [0, 0.05) is 5.56 Å². The van der Waals surface area contributed by atoms with Crippen molar-refractivity contribution in [3.05, 3.63) is 82.6 Å². The molecule has 0 fully saturated rings. The summed E-state index contributed by atoms with van der Waals surface area (Å²) in [5.41, 5.74) is 2.53. The van der Waals surface area contributed by atoms with Crippen molar-refractivity contribution in [3.63, 3.8) is 0 Å². The van der Waals surface area contributed by atoms with E-state index in [2.05, 4.69) is 0 Å². The quantitative estimate of drug-likeness (QED) is 0.313. The summed E-state index contributed by atoms with van der Waals surface area (Å²) in [6, 6.07) is 16.1. The van der Waals surface area contributed by atoms with Crippen LogP contribution in [0.3, 0.4) is 0 Å². The summed E-state index contributed by atoms with van der Waals surface area (Å²) in [5.74, 6) is 1.54. The summed E-state index contributed by atoms with van der Waals surface area (Å²) in [5, 5.41) is 0. The third-order valence-electron chi connectivity index (χ3n) is 5.61. The van der Waals surface area contributed by atoms with E-state index in [1.165, 1.54) is 21.3 Å². The molecule has 36 heavy (non-hydrogen) atoms. The molecular formula is C28H26O8. The Hall–Kier alpha value is -4.46. The molecular weight excluding hydrogens is 464 g/mol. The molecule has 0 aliphatic carbocycles. The number of hydrogen-bond donors (Lipinski definition) is 0. The number of ketones is 1. The molecule has 0 radical (unpaired) electrons. The van der Waals surface area contributed by atoms with E-state index >= 15 is 0 Å². The summed E-state index contributed by atoms with van der Waals surface area (Å²) in [4.78, 5) is 25.1. The number of fused-ring (bicyclic) bond motifs is 1. The molecule has 0 saturated carbocycles. The minimum atomic E-state index is -0.501. The molecule has 0 N–H and O–H groups in total. The summed E-state index contributed by atoms with van der Waals surface area (Å²) in [6.07, 6.45) is 1.60. The number of benzene rings is 3. The highest BCUT2D eigenvalue weighted by Crippen LogP contribution is 2.41. The first kappa shape index (κ1) is 24.7. The smallest absolute Gasteiger partial charge is 0.344 e. The lowest BCUT2D eigenvalue weighted by Gasteiger charge is -2.13. The fraction of sp³-hybridized carbons (Fsp3) is 0.214. The number of esters is 1. The molecule has 3 aromatic rings. The molecule has 8 nitrogen and oxygen atoms in total. The molecule has 0 amide bonds. The SMILES string of the molecule is COc1cc(/C=C2\Oc3c(ccc(OCC(=O)OCc4ccccc4)c3C)C2=O)cc(OC)c1OC. The number of hydrogen-bond acceptors (Lipinski definition) is 8. The third kappa shape index (κ3) is 5.12. The maximum absolute atomic E-state index is 13.0. The molecule has 186 valence electrons. The normalized spacial score (nSPS) is 13.1. The van der Waals surface area contributed by atoms with Crippen molar-refractivity contribution >= 4 is 17.8 Å². The lowest BCUT2D eigenvalue weighted by atomic mass is 10.1. The number of ether oxygens (including phenoxy) is 6. The van der Waals surface area contributed by atoms with Gasteiger partial charge < -0.3 is 28.4 Å². The second-order valence-electron chi connectivity index (χ2n) is 7.90. The Balaban J connectivity index is 1.48. The fourth-order valence-corrected chi connectivity index (χ4v) is 3.78. The number of rotatable bonds is 9. The highest BCUT2D eigenvalue weighted by atomic mass is 16.6. The molecule has 0 saturated heterocycles. The van der Waals surface area contributed by atoms with E-state index in [1.54, 1.807) is 37.3 Å². The van der Waals surface area contributed by atoms with Gasteiger partial charge in [0.2, 0.25) is 11.5 Å². The molecule has 0 bridgehead atoms. The summed E-state index contributed by atoms with van der Waals surface area (Å²) in [7, 11) is 4.55. The van der Waals surface area contributed by atoms with Crippen LogP contribution in [0.4, 0.5) is 0 Å². The standard InChI is InChI=1S/C28H26O8/c1-17-21(34-16-25(29)35-15-18-8-6-5-7-9-18)11-10-20-26(30)22(36-27(17)20)12-19-13-23(31-2)28(33-4)24(14-19)32-3/h5-14H,15-16H2,1-4H3/b22-12-. The van der Waals surface area contributed by atoms with Crippen LogP contribution in [0.5, 0.6) is 28.7 Å². The van der Waals surface area contributed by atoms with Crippen molar-refractivity contribution in [2.75, 3.05) is 27.9 Å². The van der Waals surface area contributed by atoms with Gasteiger partial charge in [0.05, 0.1) is 26.9 Å². The minimum absolute atomic E-state index is 0.141. The second kappa shape index (κ2) is 10.9. The largest absolute Gasteiger partial charge is 0.493 e. The minimum Gasteiger partial charge on any atom is -0.493 e. The lowest BCUT2D eigenvalue weighted by Crippen LogP contribution is -2.15. The van der Waals surface area contributed by atoms with Gasteiger partial charge in [-0.2, -0.15) is 0 Å². The molecule has 0 spiro atoms. The highest BCUT2D eigenvalue weighted by molar-refractivity contribution is 6.15. The number of carbonyl (C=O) groups is 2. The average Bonchev–Trinajstić information content (AvgIpc) is 3.22. The van der Waals surface area contributed by atoms with Gasteiger partial charge >= 0.3 is 5.97 Å². The van der Waals surface area contributed by atoms with Crippen molar-refractivity contribution < 1.29 is 38.0 Å². The fourth-order valence-electron chi connectivity index (χ4n) is 3.78. The van der Waals surface area contributed by atoms with Crippen LogP contribution in [0.25, 0.3) is 6.08 Å². The van der Waals surface area contributed by atoms with Crippen molar-refractivity contribution in [2.45, 2.75) is 13.5 Å². The zero-order valence-electron chi connectivity index (χ0n) is 20.5. The monoisotopic (exact) mass is 490 g/mol. The first-order chi connectivity index (χ1) is 17.4. The summed E-state index contributed by atoms with van der Waals surface area (Å²) < 4.78 is 32.9. The molecule has 0 aromatic heterocycles. The molecule has 1 heterocycles.